The maximum absolute atomic E-state index is 13.4. The minimum atomic E-state index is -0.463. The van der Waals surface area contributed by atoms with Gasteiger partial charge in [0.05, 0.1) is 27.2 Å². The number of aryl methyl sites for hydroxylation is 2. The number of halogens is 1. The van der Waals surface area contributed by atoms with Crippen LogP contribution in [-0.4, -0.2) is 56.3 Å². The van der Waals surface area contributed by atoms with E-state index >= 15 is 0 Å². The Balaban J connectivity index is 0.000000303. The van der Waals surface area contributed by atoms with Crippen LogP contribution < -0.4 is 10.1 Å². The fourth-order valence-electron chi connectivity index (χ4n) is 3.78. The first-order chi connectivity index (χ1) is 17.3. The van der Waals surface area contributed by atoms with Crippen molar-refractivity contribution < 1.29 is 23.5 Å². The van der Waals surface area contributed by atoms with Gasteiger partial charge in [-0.3, -0.25) is 9.59 Å². The minimum Gasteiger partial charge on any atom is -0.494 e. The summed E-state index contributed by atoms with van der Waals surface area (Å²) in [5, 5.41) is 14.4. The number of benzene rings is 1. The number of ether oxygens (including phenoxy) is 2. The van der Waals surface area contributed by atoms with Crippen LogP contribution in [0.1, 0.15) is 54.0 Å². The van der Waals surface area contributed by atoms with Crippen molar-refractivity contribution in [3.63, 3.8) is 0 Å². The van der Waals surface area contributed by atoms with Gasteiger partial charge in [-0.1, -0.05) is 25.3 Å². The Morgan fingerprint density at radius 2 is 1.89 bits per heavy atom. The Labute approximate surface area is 208 Å². The number of hydrogen-bond donors (Lipinski definition) is 1. The summed E-state index contributed by atoms with van der Waals surface area (Å²) >= 11 is 0. The fourth-order valence-corrected chi connectivity index (χ4v) is 3.78. The molecule has 4 rings (SSSR count). The van der Waals surface area contributed by atoms with Crippen molar-refractivity contribution in [3.05, 3.63) is 47.2 Å². The number of nitrogens with one attached hydrogen (secondary N) is 1. The third kappa shape index (κ3) is 7.27. The van der Waals surface area contributed by atoms with Crippen LogP contribution in [0.25, 0.3) is 11.5 Å². The number of methoxy groups -OCH3 is 2. The van der Waals surface area contributed by atoms with Crippen molar-refractivity contribution in [1.82, 2.24) is 35.5 Å². The topological polar surface area (TPSA) is 134 Å². The molecule has 36 heavy (non-hydrogen) atoms. The molecule has 0 saturated heterocycles. The summed E-state index contributed by atoms with van der Waals surface area (Å²) in [6.07, 6.45) is 5.74. The SMILES string of the molecule is COC(=O)C1CCCCC1.COc1cc(CNC(=O)c2cc(-c3nnn(C)n3)nc(C)n2)ccc1F. The fraction of sp³-hybridized carbons (Fsp3) is 0.458. The molecule has 2 aromatic heterocycles. The van der Waals surface area contributed by atoms with Gasteiger partial charge in [0.2, 0.25) is 5.82 Å². The van der Waals surface area contributed by atoms with Gasteiger partial charge in [-0.15, -0.1) is 10.2 Å². The Morgan fingerprint density at radius 1 is 1.14 bits per heavy atom. The van der Waals surface area contributed by atoms with Crippen LogP contribution in [0.4, 0.5) is 4.39 Å². The van der Waals surface area contributed by atoms with Crippen LogP contribution in [-0.2, 0) is 23.1 Å². The van der Waals surface area contributed by atoms with Gasteiger partial charge in [0.25, 0.3) is 5.91 Å². The van der Waals surface area contributed by atoms with E-state index in [2.05, 4.69) is 35.4 Å². The van der Waals surface area contributed by atoms with Crippen LogP contribution in [0, 0.1) is 18.7 Å². The van der Waals surface area contributed by atoms with Crippen molar-refractivity contribution in [1.29, 1.82) is 0 Å². The lowest BCUT2D eigenvalue weighted by Crippen LogP contribution is -2.24. The number of rotatable bonds is 6. The Bertz CT molecular complexity index is 1190. The smallest absolute Gasteiger partial charge is 0.308 e. The number of hydrogen-bond acceptors (Lipinski definition) is 9. The second-order valence-corrected chi connectivity index (χ2v) is 8.30. The summed E-state index contributed by atoms with van der Waals surface area (Å²) in [6, 6.07) is 5.87. The monoisotopic (exact) mass is 499 g/mol. The summed E-state index contributed by atoms with van der Waals surface area (Å²) in [5.74, 6) is 0.155. The average Bonchev–Trinajstić information content (AvgIpc) is 3.34. The van der Waals surface area contributed by atoms with Gasteiger partial charge in [-0.25, -0.2) is 14.4 Å². The van der Waals surface area contributed by atoms with Crippen LogP contribution in [0.3, 0.4) is 0 Å². The largest absolute Gasteiger partial charge is 0.494 e. The lowest BCUT2D eigenvalue weighted by atomic mass is 9.89. The molecule has 1 aliphatic carbocycles. The van der Waals surface area contributed by atoms with Gasteiger partial charge in [-0.2, -0.15) is 4.80 Å². The summed E-state index contributed by atoms with van der Waals surface area (Å²) in [5.41, 5.74) is 1.27. The maximum Gasteiger partial charge on any atom is 0.308 e. The second-order valence-electron chi connectivity index (χ2n) is 8.30. The molecule has 1 fully saturated rings. The van der Waals surface area contributed by atoms with Crippen LogP contribution in [0.2, 0.25) is 0 Å². The maximum atomic E-state index is 13.4. The first kappa shape index (κ1) is 26.6. The van der Waals surface area contributed by atoms with Crippen molar-refractivity contribution in [2.24, 2.45) is 13.0 Å². The van der Waals surface area contributed by atoms with Crippen molar-refractivity contribution in [2.75, 3.05) is 14.2 Å². The molecular formula is C24H30FN7O4. The standard InChI is InChI=1S/C16H16FN7O2.C8H14O2/c1-9-19-12(15-21-23-24(2)22-15)7-13(20-9)16(25)18-8-10-4-5-11(17)14(6-10)26-3;1-10-8(9)7-5-3-2-4-6-7/h4-7H,8H2,1-3H3,(H,18,25);7H,2-6H2,1H3. The number of amides is 1. The van der Waals surface area contributed by atoms with Gasteiger partial charge in [0.15, 0.2) is 11.6 Å². The Morgan fingerprint density at radius 3 is 2.53 bits per heavy atom. The van der Waals surface area contributed by atoms with E-state index in [0.717, 1.165) is 12.8 Å². The van der Waals surface area contributed by atoms with E-state index in [4.69, 9.17) is 4.74 Å². The zero-order chi connectivity index (χ0) is 26.1. The van der Waals surface area contributed by atoms with Gasteiger partial charge in [0, 0.05) is 6.54 Å². The van der Waals surface area contributed by atoms with Crippen LogP contribution in [0.15, 0.2) is 24.3 Å². The molecule has 0 spiro atoms. The van der Waals surface area contributed by atoms with Crippen LogP contribution in [0.5, 0.6) is 5.75 Å². The molecule has 3 aromatic rings. The van der Waals surface area contributed by atoms with E-state index < -0.39 is 11.7 Å². The van der Waals surface area contributed by atoms with Crippen molar-refractivity contribution in [2.45, 2.75) is 45.6 Å². The van der Waals surface area contributed by atoms with Crippen molar-refractivity contribution >= 4 is 11.9 Å². The molecule has 11 nitrogen and oxygen atoms in total. The van der Waals surface area contributed by atoms with Gasteiger partial charge < -0.3 is 14.8 Å². The quantitative estimate of drug-likeness (QED) is 0.508. The molecule has 2 heterocycles. The molecule has 1 N–H and O–H groups in total. The number of nitrogens with zero attached hydrogens (tertiary/aromatic N) is 6. The zero-order valence-electron chi connectivity index (χ0n) is 20.8. The highest BCUT2D eigenvalue weighted by molar-refractivity contribution is 5.93. The first-order valence-corrected chi connectivity index (χ1v) is 11.6. The van der Waals surface area contributed by atoms with E-state index in [1.165, 1.54) is 56.5 Å². The van der Waals surface area contributed by atoms with E-state index in [9.17, 15) is 14.0 Å². The lowest BCUT2D eigenvalue weighted by Gasteiger charge is -2.18. The predicted octanol–water partition coefficient (Wildman–Crippen LogP) is 2.79. The number of tetrazole rings is 1. The molecule has 0 bridgehead atoms. The Hall–Kier alpha value is -3.96. The van der Waals surface area contributed by atoms with Gasteiger partial charge in [-0.05, 0) is 48.7 Å². The summed E-state index contributed by atoms with van der Waals surface area (Å²) in [6.45, 7) is 1.86. The molecule has 0 unspecified atom stereocenters. The van der Waals surface area contributed by atoms with E-state index in [1.54, 1.807) is 20.0 Å². The normalized spacial score (nSPS) is 13.4. The van der Waals surface area contributed by atoms with Gasteiger partial charge in [0.1, 0.15) is 17.2 Å². The molecule has 1 amide bonds. The molecule has 12 heteroatoms. The lowest BCUT2D eigenvalue weighted by molar-refractivity contribution is -0.146. The first-order valence-electron chi connectivity index (χ1n) is 11.6. The molecule has 0 atom stereocenters. The number of carbonyl (C=O) groups is 2. The third-order valence-corrected chi connectivity index (χ3v) is 5.62. The number of aromatic nitrogens is 6. The number of carbonyl (C=O) groups excluding carboxylic acids is 2. The summed E-state index contributed by atoms with van der Waals surface area (Å²) in [4.78, 5) is 33.0. The minimum absolute atomic E-state index is 0.0142. The molecular weight excluding hydrogens is 469 g/mol. The summed E-state index contributed by atoms with van der Waals surface area (Å²) in [7, 11) is 4.48. The van der Waals surface area contributed by atoms with Gasteiger partial charge >= 0.3 is 5.97 Å². The molecule has 1 aromatic carbocycles. The highest BCUT2D eigenvalue weighted by atomic mass is 19.1. The highest BCUT2D eigenvalue weighted by Crippen LogP contribution is 2.24. The van der Waals surface area contributed by atoms with Crippen molar-refractivity contribution in [3.8, 4) is 17.3 Å². The molecule has 0 radical (unpaired) electrons. The molecule has 192 valence electrons. The van der Waals surface area contributed by atoms with E-state index in [1.807, 2.05) is 0 Å². The van der Waals surface area contributed by atoms with E-state index in [-0.39, 0.29) is 29.9 Å². The predicted molar refractivity (Wildman–Crippen MR) is 127 cm³/mol. The summed E-state index contributed by atoms with van der Waals surface area (Å²) < 4.78 is 23.0. The molecule has 0 aliphatic heterocycles. The van der Waals surface area contributed by atoms with Crippen LogP contribution >= 0.6 is 0 Å². The molecule has 1 saturated carbocycles. The molecule has 1 aliphatic rings. The number of esters is 1. The highest BCUT2D eigenvalue weighted by Gasteiger charge is 2.21. The second kappa shape index (κ2) is 12.7. The average molecular weight is 500 g/mol. The zero-order valence-corrected chi connectivity index (χ0v) is 20.8. The Kier molecular flexibility index (Phi) is 9.37. The van der Waals surface area contributed by atoms with E-state index in [0.29, 0.717) is 22.9 Å². The third-order valence-electron chi connectivity index (χ3n) is 5.62.